The van der Waals surface area contributed by atoms with Gasteiger partial charge >= 0.3 is 0 Å². The van der Waals surface area contributed by atoms with Crippen LogP contribution in [0, 0.1) is 19.3 Å². The lowest BCUT2D eigenvalue weighted by molar-refractivity contribution is 0.204. The number of aryl methyl sites for hydroxylation is 2. The molecule has 1 fully saturated rings. The summed E-state index contributed by atoms with van der Waals surface area (Å²) in [5.74, 6) is 0. The van der Waals surface area contributed by atoms with Gasteiger partial charge in [-0.3, -0.25) is 0 Å². The van der Waals surface area contributed by atoms with Gasteiger partial charge in [-0.15, -0.1) is 0 Å². The summed E-state index contributed by atoms with van der Waals surface area (Å²) in [6.07, 6.45) is 2.59. The van der Waals surface area contributed by atoms with Crippen LogP contribution >= 0.6 is 0 Å². The lowest BCUT2D eigenvalue weighted by atomic mass is 9.73. The molecule has 1 aliphatic rings. The van der Waals surface area contributed by atoms with Crippen molar-refractivity contribution in [3.05, 3.63) is 29.3 Å². The monoisotopic (exact) mass is 295 g/mol. The molecule has 4 heteroatoms. The van der Waals surface area contributed by atoms with E-state index in [1.807, 2.05) is 26.0 Å². The molecule has 0 aliphatic heterocycles. The highest BCUT2D eigenvalue weighted by Gasteiger charge is 2.43. The van der Waals surface area contributed by atoms with Crippen molar-refractivity contribution in [1.29, 1.82) is 0 Å². The molecule has 3 nitrogen and oxygen atoms in total. The van der Waals surface area contributed by atoms with Crippen molar-refractivity contribution in [3.8, 4) is 0 Å². The maximum absolute atomic E-state index is 13.0. The van der Waals surface area contributed by atoms with Gasteiger partial charge in [-0.2, -0.15) is 0 Å². The van der Waals surface area contributed by atoms with Gasteiger partial charge in [-0.1, -0.05) is 32.4 Å². The lowest BCUT2D eigenvalue weighted by Gasteiger charge is -2.41. The third kappa shape index (κ3) is 2.63. The standard InChI is InChI=1S/C16H25NO2S/c1-11-7-8-12(2)14(10-11)20(18,19)13-6-5-9-16(3,4)15(13)17/h7-8,10,13,15H,5-6,9,17H2,1-4H3. The molecular formula is C16H25NO2S. The first-order valence-electron chi connectivity index (χ1n) is 7.23. The maximum atomic E-state index is 13.0. The maximum Gasteiger partial charge on any atom is 0.183 e. The first-order valence-corrected chi connectivity index (χ1v) is 8.77. The first kappa shape index (κ1) is 15.5. The van der Waals surface area contributed by atoms with E-state index in [0.29, 0.717) is 11.3 Å². The second-order valence-corrected chi connectivity index (χ2v) is 8.89. The zero-order valence-electron chi connectivity index (χ0n) is 12.8. The van der Waals surface area contributed by atoms with E-state index in [2.05, 4.69) is 13.8 Å². The van der Waals surface area contributed by atoms with Gasteiger partial charge in [0.25, 0.3) is 0 Å². The van der Waals surface area contributed by atoms with Crippen LogP contribution in [0.2, 0.25) is 0 Å². The number of sulfone groups is 1. The Morgan fingerprint density at radius 1 is 1.25 bits per heavy atom. The van der Waals surface area contributed by atoms with Crippen molar-refractivity contribution in [3.63, 3.8) is 0 Å². The zero-order valence-corrected chi connectivity index (χ0v) is 13.6. The van der Waals surface area contributed by atoms with Crippen molar-refractivity contribution in [2.45, 2.75) is 63.1 Å². The van der Waals surface area contributed by atoms with Crippen LogP contribution in [0.1, 0.15) is 44.2 Å². The predicted octanol–water partition coefficient (Wildman–Crippen LogP) is 2.98. The van der Waals surface area contributed by atoms with Crippen molar-refractivity contribution in [2.75, 3.05) is 0 Å². The molecule has 1 saturated carbocycles. The quantitative estimate of drug-likeness (QED) is 0.912. The van der Waals surface area contributed by atoms with Crippen LogP contribution in [0.15, 0.2) is 23.1 Å². The Bertz CT molecular complexity index is 605. The average Bonchev–Trinajstić information content (AvgIpc) is 2.35. The van der Waals surface area contributed by atoms with E-state index in [9.17, 15) is 8.42 Å². The van der Waals surface area contributed by atoms with E-state index in [1.165, 1.54) is 0 Å². The SMILES string of the molecule is Cc1ccc(C)c(S(=O)(=O)C2CCCC(C)(C)C2N)c1. The van der Waals surface area contributed by atoms with Gasteiger partial charge in [0.05, 0.1) is 10.1 Å². The minimum absolute atomic E-state index is 0.117. The molecule has 20 heavy (non-hydrogen) atoms. The number of rotatable bonds is 2. The Balaban J connectivity index is 2.47. The Kier molecular flexibility index (Phi) is 4.00. The van der Waals surface area contributed by atoms with Gasteiger partial charge in [0.1, 0.15) is 0 Å². The largest absolute Gasteiger partial charge is 0.326 e. The summed E-state index contributed by atoms with van der Waals surface area (Å²) in [7, 11) is -3.36. The van der Waals surface area contributed by atoms with Crippen LogP contribution in [0.3, 0.4) is 0 Å². The molecule has 2 rings (SSSR count). The molecule has 0 aromatic heterocycles. The summed E-state index contributed by atoms with van der Waals surface area (Å²) in [4.78, 5) is 0.454. The summed E-state index contributed by atoms with van der Waals surface area (Å²) < 4.78 is 26.0. The minimum atomic E-state index is -3.36. The molecule has 0 heterocycles. The average molecular weight is 295 g/mol. The molecule has 2 N–H and O–H groups in total. The lowest BCUT2D eigenvalue weighted by Crippen LogP contribution is -2.52. The normalized spacial score (nSPS) is 26.4. The molecule has 0 saturated heterocycles. The molecule has 112 valence electrons. The van der Waals surface area contributed by atoms with Crippen LogP contribution in [0.4, 0.5) is 0 Å². The minimum Gasteiger partial charge on any atom is -0.326 e. The fraction of sp³-hybridized carbons (Fsp3) is 0.625. The van der Waals surface area contributed by atoms with Gasteiger partial charge in [-0.25, -0.2) is 8.42 Å². The van der Waals surface area contributed by atoms with Crippen LogP contribution in [-0.4, -0.2) is 19.7 Å². The highest BCUT2D eigenvalue weighted by atomic mass is 32.2. The van der Waals surface area contributed by atoms with Gasteiger partial charge in [0.2, 0.25) is 0 Å². The van der Waals surface area contributed by atoms with Crippen molar-refractivity contribution in [1.82, 2.24) is 0 Å². The predicted molar refractivity (Wildman–Crippen MR) is 82.5 cm³/mol. The Morgan fingerprint density at radius 3 is 2.55 bits per heavy atom. The van der Waals surface area contributed by atoms with E-state index in [1.54, 1.807) is 6.07 Å². The van der Waals surface area contributed by atoms with E-state index < -0.39 is 15.1 Å². The Hall–Kier alpha value is -0.870. The molecule has 0 amide bonds. The van der Waals surface area contributed by atoms with Gasteiger partial charge < -0.3 is 5.73 Å². The fourth-order valence-corrected chi connectivity index (χ4v) is 5.56. The Labute approximate surface area is 122 Å². The van der Waals surface area contributed by atoms with E-state index in [-0.39, 0.29) is 11.5 Å². The van der Waals surface area contributed by atoms with Crippen molar-refractivity contribution in [2.24, 2.45) is 11.1 Å². The van der Waals surface area contributed by atoms with Crippen LogP contribution in [0.5, 0.6) is 0 Å². The third-order valence-corrected chi connectivity index (χ3v) is 7.04. The van der Waals surface area contributed by atoms with Crippen LogP contribution in [-0.2, 0) is 9.84 Å². The molecular weight excluding hydrogens is 270 g/mol. The fourth-order valence-electron chi connectivity index (χ4n) is 3.13. The second-order valence-electron chi connectivity index (χ2n) is 6.76. The molecule has 2 unspecified atom stereocenters. The first-order chi connectivity index (χ1) is 9.16. The number of hydrogen-bond donors (Lipinski definition) is 1. The topological polar surface area (TPSA) is 60.2 Å². The van der Waals surface area contributed by atoms with Gasteiger partial charge in [0.15, 0.2) is 9.84 Å². The van der Waals surface area contributed by atoms with Gasteiger partial charge in [-0.05, 0) is 49.3 Å². The summed E-state index contributed by atoms with van der Waals surface area (Å²) in [5.41, 5.74) is 7.95. The summed E-state index contributed by atoms with van der Waals surface area (Å²) in [6, 6.07) is 5.29. The van der Waals surface area contributed by atoms with Crippen LogP contribution < -0.4 is 5.73 Å². The summed E-state index contributed by atoms with van der Waals surface area (Å²) in [6.45, 7) is 7.92. The number of nitrogens with two attached hydrogens (primary N) is 1. The molecule has 1 aromatic rings. The molecule has 2 atom stereocenters. The highest BCUT2D eigenvalue weighted by molar-refractivity contribution is 7.92. The molecule has 0 bridgehead atoms. The summed E-state index contributed by atoms with van der Waals surface area (Å²) >= 11 is 0. The van der Waals surface area contributed by atoms with Crippen molar-refractivity contribution < 1.29 is 8.42 Å². The third-order valence-electron chi connectivity index (χ3n) is 4.66. The van der Waals surface area contributed by atoms with E-state index in [4.69, 9.17) is 5.73 Å². The zero-order chi connectivity index (χ0) is 15.1. The number of hydrogen-bond acceptors (Lipinski definition) is 3. The molecule has 1 aromatic carbocycles. The van der Waals surface area contributed by atoms with Crippen molar-refractivity contribution >= 4 is 9.84 Å². The molecule has 0 radical (unpaired) electrons. The molecule has 0 spiro atoms. The number of benzene rings is 1. The highest BCUT2D eigenvalue weighted by Crippen LogP contribution is 2.39. The molecule has 1 aliphatic carbocycles. The van der Waals surface area contributed by atoms with E-state index in [0.717, 1.165) is 24.0 Å². The van der Waals surface area contributed by atoms with E-state index >= 15 is 0 Å². The van der Waals surface area contributed by atoms with Crippen LogP contribution in [0.25, 0.3) is 0 Å². The van der Waals surface area contributed by atoms with Gasteiger partial charge in [0, 0.05) is 6.04 Å². The Morgan fingerprint density at radius 2 is 1.90 bits per heavy atom. The smallest absolute Gasteiger partial charge is 0.183 e. The summed E-state index contributed by atoms with van der Waals surface area (Å²) in [5, 5.41) is -0.466. The second kappa shape index (κ2) is 5.15.